The molecule has 1 N–H and O–H groups in total. The van der Waals surface area contributed by atoms with Gasteiger partial charge in [-0.2, -0.15) is 0 Å². The molecule has 1 aliphatic rings. The minimum absolute atomic E-state index is 0. The number of carbonyl (C=O) groups is 2. The third-order valence-electron chi connectivity index (χ3n) is 5.88. The van der Waals surface area contributed by atoms with E-state index in [-0.39, 0.29) is 43.4 Å². The van der Waals surface area contributed by atoms with Gasteiger partial charge in [0.25, 0.3) is 5.91 Å². The Kier molecular flexibility index (Phi) is 10.8. The third kappa shape index (κ3) is 7.25. The summed E-state index contributed by atoms with van der Waals surface area (Å²) in [6.07, 6.45) is -0.247. The number of imidazole rings is 1. The maximum absolute atomic E-state index is 12.4. The summed E-state index contributed by atoms with van der Waals surface area (Å²) in [5, 5.41) is 2.88. The van der Waals surface area contributed by atoms with Crippen LogP contribution in [0.2, 0.25) is 0 Å². The molecule has 0 unspecified atom stereocenters. The predicted molar refractivity (Wildman–Crippen MR) is 144 cm³/mol. The summed E-state index contributed by atoms with van der Waals surface area (Å²) < 4.78 is 12.7. The van der Waals surface area contributed by atoms with E-state index in [0.29, 0.717) is 37.7 Å². The largest absolute Gasteiger partial charge is 0.484 e. The van der Waals surface area contributed by atoms with Crippen molar-refractivity contribution < 1.29 is 19.1 Å². The van der Waals surface area contributed by atoms with Crippen molar-refractivity contribution in [3.05, 3.63) is 53.9 Å². The number of carbonyl (C=O) groups excluding carboxylic acids is 2. The van der Waals surface area contributed by atoms with Crippen LogP contribution in [0.1, 0.15) is 18.3 Å². The van der Waals surface area contributed by atoms with Gasteiger partial charge in [0.05, 0.1) is 24.2 Å². The summed E-state index contributed by atoms with van der Waals surface area (Å²) in [6, 6.07) is 13.3. The Labute approximate surface area is 223 Å². The molecule has 9 nitrogen and oxygen atoms in total. The van der Waals surface area contributed by atoms with Crippen LogP contribution < -0.4 is 10.1 Å². The lowest BCUT2D eigenvalue weighted by atomic mass is 10.2. The Bertz CT molecular complexity index is 1180. The van der Waals surface area contributed by atoms with Crippen LogP contribution in [-0.4, -0.2) is 70.7 Å². The molecule has 4 rings (SSSR count). The Morgan fingerprint density at radius 3 is 2.50 bits per heavy atom. The van der Waals surface area contributed by atoms with E-state index >= 15 is 0 Å². The molecule has 196 valence electrons. The highest BCUT2D eigenvalue weighted by Gasteiger charge is 2.23. The molecule has 11 heteroatoms. The molecule has 36 heavy (non-hydrogen) atoms. The lowest BCUT2D eigenvalue weighted by Gasteiger charge is -2.33. The maximum Gasteiger partial charge on any atom is 0.409 e. The quantitative estimate of drug-likeness (QED) is 0.489. The topological polar surface area (TPSA) is 88.9 Å². The van der Waals surface area contributed by atoms with Crippen LogP contribution in [-0.2, 0) is 23.1 Å². The fraction of sp³-hybridized carbons (Fsp3) is 0.400. The normalized spacial score (nSPS) is 13.5. The van der Waals surface area contributed by atoms with E-state index in [0.717, 1.165) is 35.5 Å². The van der Waals surface area contributed by atoms with Gasteiger partial charge in [-0.05, 0) is 49.7 Å². The fourth-order valence-corrected chi connectivity index (χ4v) is 4.02. The Morgan fingerprint density at radius 1 is 1.06 bits per heavy atom. The number of hydrogen-bond donors (Lipinski definition) is 1. The number of amides is 2. The van der Waals surface area contributed by atoms with Gasteiger partial charge in [0.1, 0.15) is 11.6 Å². The molecule has 0 radical (unpaired) electrons. The molecule has 0 spiro atoms. The maximum atomic E-state index is 12.4. The number of aromatic nitrogens is 2. The van der Waals surface area contributed by atoms with Gasteiger partial charge < -0.3 is 24.3 Å². The second kappa shape index (κ2) is 13.3. The number of aryl methyl sites for hydroxylation is 2. The van der Waals surface area contributed by atoms with Gasteiger partial charge in [-0.3, -0.25) is 9.69 Å². The smallest absolute Gasteiger partial charge is 0.409 e. The SMILES string of the molecule is CCOC(=O)N1CCN(Cc2nc3cc(NC(=O)COc4cccc(C)c4)ccc3n2C)CC1.Cl.Cl. The Hall–Kier alpha value is -3.01. The number of nitrogens with zero attached hydrogens (tertiary/aromatic N) is 4. The summed E-state index contributed by atoms with van der Waals surface area (Å²) in [6.45, 7) is 7.63. The summed E-state index contributed by atoms with van der Waals surface area (Å²) in [4.78, 5) is 33.1. The zero-order valence-corrected chi connectivity index (χ0v) is 22.4. The minimum Gasteiger partial charge on any atom is -0.484 e. The van der Waals surface area contributed by atoms with Crippen LogP contribution in [0.25, 0.3) is 11.0 Å². The lowest BCUT2D eigenvalue weighted by Crippen LogP contribution is -2.48. The highest BCUT2D eigenvalue weighted by Crippen LogP contribution is 2.21. The standard InChI is InChI=1S/C25H31N5O4.2ClH/c1-4-33-25(32)30-12-10-29(11-13-30)16-23-27-21-15-19(8-9-22(21)28(23)3)26-24(31)17-34-20-7-5-6-18(2)14-20;;/h5-9,14-15H,4,10-13,16-17H2,1-3H3,(H,26,31);2*1H. The molecule has 1 aromatic heterocycles. The molecule has 3 aromatic rings. The van der Waals surface area contributed by atoms with E-state index in [1.54, 1.807) is 4.90 Å². The third-order valence-corrected chi connectivity index (χ3v) is 5.88. The van der Waals surface area contributed by atoms with Crippen LogP contribution in [0.4, 0.5) is 10.5 Å². The van der Waals surface area contributed by atoms with Crippen LogP contribution in [0, 0.1) is 6.92 Å². The lowest BCUT2D eigenvalue weighted by molar-refractivity contribution is -0.118. The molecular weight excluding hydrogens is 505 g/mol. The zero-order valence-electron chi connectivity index (χ0n) is 20.7. The van der Waals surface area contributed by atoms with Gasteiger partial charge in [0.2, 0.25) is 0 Å². The van der Waals surface area contributed by atoms with E-state index in [2.05, 4.69) is 14.8 Å². The molecular formula is C25H33Cl2N5O4. The van der Waals surface area contributed by atoms with Gasteiger partial charge in [-0.25, -0.2) is 9.78 Å². The minimum atomic E-state index is -0.247. The van der Waals surface area contributed by atoms with Crippen LogP contribution in [0.3, 0.4) is 0 Å². The highest BCUT2D eigenvalue weighted by molar-refractivity contribution is 5.94. The van der Waals surface area contributed by atoms with Crippen molar-refractivity contribution >= 4 is 53.5 Å². The monoisotopic (exact) mass is 537 g/mol. The van der Waals surface area contributed by atoms with Crippen molar-refractivity contribution in [1.29, 1.82) is 0 Å². The molecule has 0 aliphatic carbocycles. The van der Waals surface area contributed by atoms with E-state index in [1.807, 2.05) is 63.4 Å². The second-order valence-corrected chi connectivity index (χ2v) is 8.41. The summed E-state index contributed by atoms with van der Waals surface area (Å²) in [5.74, 6) is 1.38. The number of ether oxygens (including phenoxy) is 2. The van der Waals surface area contributed by atoms with Crippen molar-refractivity contribution in [3.63, 3.8) is 0 Å². The van der Waals surface area contributed by atoms with Crippen molar-refractivity contribution in [3.8, 4) is 5.75 Å². The van der Waals surface area contributed by atoms with E-state index < -0.39 is 0 Å². The second-order valence-electron chi connectivity index (χ2n) is 8.41. The van der Waals surface area contributed by atoms with Gasteiger partial charge in [-0.1, -0.05) is 12.1 Å². The summed E-state index contributed by atoms with van der Waals surface area (Å²) in [5.41, 5.74) is 3.57. The number of anilines is 1. The first-order valence-electron chi connectivity index (χ1n) is 11.5. The van der Waals surface area contributed by atoms with Crippen LogP contribution >= 0.6 is 24.8 Å². The molecule has 2 aromatic carbocycles. The molecule has 0 bridgehead atoms. The molecule has 1 saturated heterocycles. The Morgan fingerprint density at radius 2 is 1.81 bits per heavy atom. The zero-order chi connectivity index (χ0) is 24.1. The first-order chi connectivity index (χ1) is 16.4. The van der Waals surface area contributed by atoms with Crippen molar-refractivity contribution in [2.24, 2.45) is 7.05 Å². The summed E-state index contributed by atoms with van der Waals surface area (Å²) in [7, 11) is 1.99. The summed E-state index contributed by atoms with van der Waals surface area (Å²) >= 11 is 0. The van der Waals surface area contributed by atoms with Crippen molar-refractivity contribution in [2.75, 3.05) is 44.7 Å². The first-order valence-corrected chi connectivity index (χ1v) is 11.5. The van der Waals surface area contributed by atoms with Crippen LogP contribution in [0.15, 0.2) is 42.5 Å². The molecule has 0 atom stereocenters. The number of fused-ring (bicyclic) bond motifs is 1. The average Bonchev–Trinajstić information content (AvgIpc) is 3.13. The van der Waals surface area contributed by atoms with E-state index in [1.165, 1.54) is 0 Å². The number of halogens is 2. The average molecular weight is 538 g/mol. The van der Waals surface area contributed by atoms with E-state index in [9.17, 15) is 9.59 Å². The first kappa shape index (κ1) is 29.2. The number of benzene rings is 2. The number of piperazine rings is 1. The molecule has 0 saturated carbocycles. The fourth-order valence-electron chi connectivity index (χ4n) is 4.02. The predicted octanol–water partition coefficient (Wildman–Crippen LogP) is 4.02. The van der Waals surface area contributed by atoms with Crippen LogP contribution in [0.5, 0.6) is 5.75 Å². The van der Waals surface area contributed by atoms with Gasteiger partial charge in [0.15, 0.2) is 6.61 Å². The van der Waals surface area contributed by atoms with Crippen molar-refractivity contribution in [1.82, 2.24) is 19.4 Å². The molecule has 1 aliphatic heterocycles. The molecule has 2 heterocycles. The number of hydrogen-bond acceptors (Lipinski definition) is 6. The number of rotatable bonds is 7. The van der Waals surface area contributed by atoms with Crippen molar-refractivity contribution in [2.45, 2.75) is 20.4 Å². The number of nitrogens with one attached hydrogen (secondary N) is 1. The van der Waals surface area contributed by atoms with Gasteiger partial charge >= 0.3 is 6.09 Å². The van der Waals surface area contributed by atoms with E-state index in [4.69, 9.17) is 14.5 Å². The Balaban J connectivity index is 0.00000228. The highest BCUT2D eigenvalue weighted by atomic mass is 35.5. The van der Waals surface area contributed by atoms with Gasteiger partial charge in [0, 0.05) is 38.9 Å². The van der Waals surface area contributed by atoms with Gasteiger partial charge in [-0.15, -0.1) is 24.8 Å². The molecule has 1 fully saturated rings. The molecule has 2 amide bonds.